The molecule has 10 heteroatoms. The highest BCUT2D eigenvalue weighted by atomic mass is 15.6. The minimum absolute atomic E-state index is 0.0201. The second kappa shape index (κ2) is 9.23. The molecule has 2 aromatic heterocycles. The highest BCUT2D eigenvalue weighted by Crippen LogP contribution is 2.38. The number of nitrogens with zero attached hydrogens (tertiary/aromatic N) is 8. The van der Waals surface area contributed by atoms with Gasteiger partial charge in [0, 0.05) is 28.4 Å². The summed E-state index contributed by atoms with van der Waals surface area (Å²) in [6.07, 6.45) is 3.44. The summed E-state index contributed by atoms with van der Waals surface area (Å²) < 4.78 is 0. The van der Waals surface area contributed by atoms with Crippen molar-refractivity contribution in [2.75, 3.05) is 17.7 Å². The first kappa shape index (κ1) is 24.5. The van der Waals surface area contributed by atoms with Gasteiger partial charge in [0.25, 0.3) is 0 Å². The molecule has 1 aliphatic rings. The molecule has 1 fully saturated rings. The molecule has 0 atom stereocenters. The van der Waals surface area contributed by atoms with Crippen LogP contribution in [-0.4, -0.2) is 59.2 Å². The summed E-state index contributed by atoms with van der Waals surface area (Å²) in [5, 5.41) is 29.2. The molecule has 3 aromatic rings. The lowest BCUT2D eigenvalue weighted by Crippen LogP contribution is -2.61. The lowest BCUT2D eigenvalue weighted by molar-refractivity contribution is -0.00772. The first-order valence-corrected chi connectivity index (χ1v) is 11.9. The maximum atomic E-state index is 9.66. The fourth-order valence-corrected chi connectivity index (χ4v) is 4.73. The molecule has 0 saturated carbocycles. The smallest absolute Gasteiger partial charge is 0.229 e. The molecule has 0 bridgehead atoms. The molecule has 0 radical (unpaired) electrons. The third kappa shape index (κ3) is 5.25. The van der Waals surface area contributed by atoms with Crippen molar-refractivity contribution in [2.24, 2.45) is 0 Å². The maximum absolute atomic E-state index is 9.66. The normalized spacial score (nSPS) is 17.8. The standard InChI is InChI=1S/C25H34N10/c1-16(2)35-32-22(31-33-35)17-9-8-10-19(11-17)29-23-27-15-18(14-26)21(30-23)28-20-12-24(3,4)34(7)25(5,6)13-20/h8-11,15-16,20H,12-13H2,1-7H3,(H2,27,28,29,30). The number of aromatic nitrogens is 6. The topological polar surface area (TPSA) is 120 Å². The fourth-order valence-electron chi connectivity index (χ4n) is 4.73. The van der Waals surface area contributed by atoms with Gasteiger partial charge >= 0.3 is 0 Å². The Hall–Kier alpha value is -3.58. The second-order valence-electron chi connectivity index (χ2n) is 10.7. The van der Waals surface area contributed by atoms with Crippen molar-refractivity contribution < 1.29 is 0 Å². The maximum Gasteiger partial charge on any atom is 0.229 e. The number of anilines is 3. The molecule has 0 spiro atoms. The molecule has 4 rings (SSSR count). The lowest BCUT2D eigenvalue weighted by Gasteiger charge is -2.53. The zero-order valence-electron chi connectivity index (χ0n) is 21.5. The van der Waals surface area contributed by atoms with E-state index in [0.717, 1.165) is 24.1 Å². The van der Waals surface area contributed by atoms with Crippen molar-refractivity contribution >= 4 is 17.5 Å². The lowest BCUT2D eigenvalue weighted by atomic mass is 9.77. The van der Waals surface area contributed by atoms with Gasteiger partial charge in [0.1, 0.15) is 17.5 Å². The number of nitriles is 1. The zero-order valence-corrected chi connectivity index (χ0v) is 21.5. The molecule has 35 heavy (non-hydrogen) atoms. The van der Waals surface area contributed by atoms with Crippen molar-refractivity contribution in [1.82, 2.24) is 35.1 Å². The summed E-state index contributed by atoms with van der Waals surface area (Å²) >= 11 is 0. The van der Waals surface area contributed by atoms with E-state index in [1.807, 2.05) is 38.1 Å². The molecular weight excluding hydrogens is 440 g/mol. The highest BCUT2D eigenvalue weighted by molar-refractivity contribution is 5.65. The molecule has 10 nitrogen and oxygen atoms in total. The molecule has 184 valence electrons. The van der Waals surface area contributed by atoms with Gasteiger partial charge in [-0.1, -0.05) is 12.1 Å². The zero-order chi connectivity index (χ0) is 25.4. The van der Waals surface area contributed by atoms with Crippen LogP contribution in [0.2, 0.25) is 0 Å². The molecule has 0 aliphatic carbocycles. The van der Waals surface area contributed by atoms with Crippen LogP contribution in [-0.2, 0) is 0 Å². The van der Waals surface area contributed by atoms with Crippen LogP contribution in [0.4, 0.5) is 17.5 Å². The van der Waals surface area contributed by atoms with E-state index in [0.29, 0.717) is 23.2 Å². The predicted octanol–water partition coefficient (Wildman–Crippen LogP) is 4.39. The van der Waals surface area contributed by atoms with Crippen molar-refractivity contribution in [2.45, 2.75) is 77.5 Å². The number of likely N-dealkylation sites (tertiary alicyclic amines) is 1. The minimum Gasteiger partial charge on any atom is -0.366 e. The van der Waals surface area contributed by atoms with Crippen molar-refractivity contribution in [1.29, 1.82) is 5.26 Å². The van der Waals surface area contributed by atoms with Crippen LogP contribution >= 0.6 is 0 Å². The van der Waals surface area contributed by atoms with E-state index in [9.17, 15) is 5.26 Å². The highest BCUT2D eigenvalue weighted by Gasteiger charge is 2.43. The summed E-state index contributed by atoms with van der Waals surface area (Å²) in [6.45, 7) is 13.0. The van der Waals surface area contributed by atoms with Gasteiger partial charge in [-0.25, -0.2) is 4.98 Å². The van der Waals surface area contributed by atoms with Gasteiger partial charge in [0.05, 0.1) is 12.2 Å². The Kier molecular flexibility index (Phi) is 6.47. The van der Waals surface area contributed by atoms with Gasteiger partial charge in [-0.2, -0.15) is 15.0 Å². The molecule has 0 amide bonds. The summed E-state index contributed by atoms with van der Waals surface area (Å²) in [7, 11) is 2.18. The minimum atomic E-state index is 0.0201. The van der Waals surface area contributed by atoms with Crippen molar-refractivity contribution in [3.05, 3.63) is 36.0 Å². The van der Waals surface area contributed by atoms with Gasteiger partial charge in [-0.05, 0) is 78.8 Å². The van der Waals surface area contributed by atoms with Crippen LogP contribution in [0.3, 0.4) is 0 Å². The van der Waals surface area contributed by atoms with E-state index in [2.05, 4.69) is 81.7 Å². The molecule has 1 aromatic carbocycles. The van der Waals surface area contributed by atoms with Gasteiger partial charge in [-0.3, -0.25) is 4.90 Å². The number of hydrogen-bond donors (Lipinski definition) is 2. The summed E-state index contributed by atoms with van der Waals surface area (Å²) in [6, 6.07) is 10.2. The molecule has 3 heterocycles. The SMILES string of the molecule is CC(C)n1nnc(-c2cccc(Nc3ncc(C#N)c(NC4CC(C)(C)N(C)C(C)(C)C4)n3)c2)n1. The Balaban J connectivity index is 1.55. The number of benzene rings is 1. The predicted molar refractivity (Wildman–Crippen MR) is 136 cm³/mol. The third-order valence-corrected chi connectivity index (χ3v) is 6.82. The van der Waals surface area contributed by atoms with E-state index in [1.165, 1.54) is 0 Å². The molecule has 1 aliphatic heterocycles. The summed E-state index contributed by atoms with van der Waals surface area (Å²) in [4.78, 5) is 13.0. The average Bonchev–Trinajstić information content (AvgIpc) is 3.28. The van der Waals surface area contributed by atoms with Crippen LogP contribution in [0, 0.1) is 11.3 Å². The van der Waals surface area contributed by atoms with Gasteiger partial charge < -0.3 is 10.6 Å². The van der Waals surface area contributed by atoms with Crippen LogP contribution in [0.25, 0.3) is 11.4 Å². The number of tetrazole rings is 1. The number of rotatable bonds is 6. The van der Waals surface area contributed by atoms with E-state index >= 15 is 0 Å². The summed E-state index contributed by atoms with van der Waals surface area (Å²) in [5.74, 6) is 1.51. The largest absolute Gasteiger partial charge is 0.366 e. The number of piperidine rings is 1. The first-order valence-electron chi connectivity index (χ1n) is 11.9. The van der Waals surface area contributed by atoms with Gasteiger partial charge in [-0.15, -0.1) is 10.2 Å². The third-order valence-electron chi connectivity index (χ3n) is 6.82. The van der Waals surface area contributed by atoms with Crippen LogP contribution < -0.4 is 10.6 Å². The van der Waals surface area contributed by atoms with Gasteiger partial charge in [0.15, 0.2) is 0 Å². The van der Waals surface area contributed by atoms with E-state index < -0.39 is 0 Å². The first-order chi connectivity index (χ1) is 16.5. The summed E-state index contributed by atoms with van der Waals surface area (Å²) in [5.41, 5.74) is 2.09. The second-order valence-corrected chi connectivity index (χ2v) is 10.7. The van der Waals surface area contributed by atoms with Gasteiger partial charge in [0.2, 0.25) is 11.8 Å². The Morgan fingerprint density at radius 3 is 2.49 bits per heavy atom. The van der Waals surface area contributed by atoms with E-state index in [4.69, 9.17) is 0 Å². The van der Waals surface area contributed by atoms with E-state index in [-0.39, 0.29) is 23.2 Å². The molecular formula is C25H34N10. The Morgan fingerprint density at radius 2 is 1.86 bits per heavy atom. The van der Waals surface area contributed by atoms with Crippen LogP contribution in [0.5, 0.6) is 0 Å². The monoisotopic (exact) mass is 474 g/mol. The van der Waals surface area contributed by atoms with Crippen LogP contribution in [0.15, 0.2) is 30.5 Å². The Morgan fingerprint density at radius 1 is 1.14 bits per heavy atom. The van der Waals surface area contributed by atoms with Crippen molar-refractivity contribution in [3.63, 3.8) is 0 Å². The Labute approximate surface area is 206 Å². The fraction of sp³-hybridized carbons (Fsp3) is 0.520. The van der Waals surface area contributed by atoms with E-state index in [1.54, 1.807) is 11.0 Å². The molecule has 1 saturated heterocycles. The number of hydrogen-bond acceptors (Lipinski definition) is 9. The number of nitrogens with one attached hydrogen (secondary N) is 2. The average molecular weight is 475 g/mol. The van der Waals surface area contributed by atoms with Crippen molar-refractivity contribution in [3.8, 4) is 17.5 Å². The molecule has 0 unspecified atom stereocenters. The quantitative estimate of drug-likeness (QED) is 0.536. The van der Waals surface area contributed by atoms with Crippen LogP contribution in [0.1, 0.15) is 66.0 Å². The molecule has 2 N–H and O–H groups in total. The Bertz CT molecular complexity index is 1220.